The van der Waals surface area contributed by atoms with Crippen LogP contribution in [0.15, 0.2) is 42.6 Å². The molecule has 2 rings (SSSR count). The standard InChI is InChI=1S/C12H9FN2O/c13-8-5-6-11(15-7-8)12(16)9-3-1-2-4-10(9)14/h1-7H,14H2. The Hall–Kier alpha value is -2.23. The van der Waals surface area contributed by atoms with Crippen LogP contribution < -0.4 is 5.73 Å². The van der Waals surface area contributed by atoms with Crippen molar-refractivity contribution < 1.29 is 9.18 Å². The van der Waals surface area contributed by atoms with Gasteiger partial charge >= 0.3 is 0 Å². The summed E-state index contributed by atoms with van der Waals surface area (Å²) in [6, 6.07) is 9.24. The van der Waals surface area contributed by atoms with Crippen molar-refractivity contribution in [2.45, 2.75) is 0 Å². The first kappa shape index (κ1) is 10.3. The Balaban J connectivity index is 2.40. The molecule has 0 amide bonds. The largest absolute Gasteiger partial charge is 0.398 e. The van der Waals surface area contributed by atoms with Crippen molar-refractivity contribution in [1.82, 2.24) is 4.98 Å². The average Bonchev–Trinajstić information content (AvgIpc) is 2.30. The lowest BCUT2D eigenvalue weighted by molar-refractivity contribution is 0.103. The van der Waals surface area contributed by atoms with Crippen molar-refractivity contribution >= 4 is 11.5 Å². The fraction of sp³-hybridized carbons (Fsp3) is 0. The number of nitrogen functional groups attached to an aromatic ring is 1. The molecule has 0 aliphatic carbocycles. The summed E-state index contributed by atoms with van der Waals surface area (Å²) in [7, 11) is 0. The minimum Gasteiger partial charge on any atom is -0.398 e. The summed E-state index contributed by atoms with van der Waals surface area (Å²) in [6.45, 7) is 0. The Morgan fingerprint density at radius 2 is 1.94 bits per heavy atom. The molecule has 0 saturated carbocycles. The van der Waals surface area contributed by atoms with Crippen molar-refractivity contribution in [3.05, 3.63) is 59.7 Å². The van der Waals surface area contributed by atoms with Crippen molar-refractivity contribution in [2.75, 3.05) is 5.73 Å². The molecule has 80 valence electrons. The van der Waals surface area contributed by atoms with Gasteiger partial charge in [0.05, 0.1) is 6.20 Å². The van der Waals surface area contributed by atoms with Gasteiger partial charge in [-0.2, -0.15) is 0 Å². The average molecular weight is 216 g/mol. The van der Waals surface area contributed by atoms with Gasteiger partial charge in [0, 0.05) is 11.3 Å². The molecule has 0 fully saturated rings. The summed E-state index contributed by atoms with van der Waals surface area (Å²) in [5.74, 6) is -0.782. The van der Waals surface area contributed by atoms with Crippen LogP contribution in [0.2, 0.25) is 0 Å². The van der Waals surface area contributed by atoms with Crippen LogP contribution in [-0.2, 0) is 0 Å². The van der Waals surface area contributed by atoms with Crippen LogP contribution in [0.3, 0.4) is 0 Å². The first-order valence-corrected chi connectivity index (χ1v) is 4.69. The molecule has 2 aromatic rings. The first-order valence-electron chi connectivity index (χ1n) is 4.69. The Morgan fingerprint density at radius 1 is 1.19 bits per heavy atom. The summed E-state index contributed by atoms with van der Waals surface area (Å²) in [6.07, 6.45) is 1.01. The number of rotatable bonds is 2. The van der Waals surface area contributed by atoms with Gasteiger partial charge in [0.1, 0.15) is 11.5 Å². The predicted octanol–water partition coefficient (Wildman–Crippen LogP) is 2.03. The summed E-state index contributed by atoms with van der Waals surface area (Å²) in [4.78, 5) is 15.6. The van der Waals surface area contributed by atoms with Crippen LogP contribution in [0.25, 0.3) is 0 Å². The molecule has 0 atom stereocenters. The topological polar surface area (TPSA) is 56.0 Å². The molecular formula is C12H9FN2O. The van der Waals surface area contributed by atoms with E-state index in [4.69, 9.17) is 5.73 Å². The number of anilines is 1. The molecule has 2 N–H and O–H groups in total. The number of aromatic nitrogens is 1. The highest BCUT2D eigenvalue weighted by Gasteiger charge is 2.12. The molecule has 16 heavy (non-hydrogen) atoms. The molecule has 0 saturated heterocycles. The fourth-order valence-corrected chi connectivity index (χ4v) is 1.35. The Labute approximate surface area is 91.7 Å². The number of para-hydroxylation sites is 1. The highest BCUT2D eigenvalue weighted by molar-refractivity contribution is 6.10. The van der Waals surface area contributed by atoms with Crippen LogP contribution in [-0.4, -0.2) is 10.8 Å². The summed E-state index contributed by atoms with van der Waals surface area (Å²) in [5, 5.41) is 0. The molecule has 0 aliphatic rings. The van der Waals surface area contributed by atoms with E-state index in [0.717, 1.165) is 6.20 Å². The number of benzene rings is 1. The molecule has 1 aromatic carbocycles. The van der Waals surface area contributed by atoms with Gasteiger partial charge in [-0.3, -0.25) is 4.79 Å². The Morgan fingerprint density at radius 3 is 2.56 bits per heavy atom. The SMILES string of the molecule is Nc1ccccc1C(=O)c1ccc(F)cn1. The fourth-order valence-electron chi connectivity index (χ4n) is 1.35. The van der Waals surface area contributed by atoms with Crippen molar-refractivity contribution in [3.8, 4) is 0 Å². The number of hydrogen-bond acceptors (Lipinski definition) is 3. The molecule has 0 radical (unpaired) electrons. The Bertz CT molecular complexity index is 523. The summed E-state index contributed by atoms with van der Waals surface area (Å²) >= 11 is 0. The van der Waals surface area contributed by atoms with Crippen LogP contribution in [0.4, 0.5) is 10.1 Å². The molecule has 1 heterocycles. The van der Waals surface area contributed by atoms with Crippen molar-refractivity contribution in [1.29, 1.82) is 0 Å². The van der Waals surface area contributed by atoms with E-state index >= 15 is 0 Å². The quantitative estimate of drug-likeness (QED) is 0.617. The van der Waals surface area contributed by atoms with E-state index in [2.05, 4.69) is 4.98 Å². The lowest BCUT2D eigenvalue weighted by Crippen LogP contribution is -2.07. The van der Waals surface area contributed by atoms with Crippen LogP contribution in [0.1, 0.15) is 16.1 Å². The lowest BCUT2D eigenvalue weighted by atomic mass is 10.1. The zero-order valence-electron chi connectivity index (χ0n) is 8.35. The van der Waals surface area contributed by atoms with Crippen LogP contribution >= 0.6 is 0 Å². The number of carbonyl (C=O) groups excluding carboxylic acids is 1. The molecule has 4 heteroatoms. The number of carbonyl (C=O) groups is 1. The van der Waals surface area contributed by atoms with E-state index in [1.54, 1.807) is 24.3 Å². The highest BCUT2D eigenvalue weighted by atomic mass is 19.1. The van der Waals surface area contributed by atoms with E-state index in [1.165, 1.54) is 12.1 Å². The van der Waals surface area contributed by atoms with E-state index in [0.29, 0.717) is 11.3 Å². The predicted molar refractivity (Wildman–Crippen MR) is 58.5 cm³/mol. The molecule has 0 unspecified atom stereocenters. The zero-order valence-corrected chi connectivity index (χ0v) is 8.35. The minimum atomic E-state index is -0.474. The van der Waals surface area contributed by atoms with Gasteiger partial charge in [0.2, 0.25) is 5.78 Å². The monoisotopic (exact) mass is 216 g/mol. The Kier molecular flexibility index (Phi) is 2.64. The first-order chi connectivity index (χ1) is 7.68. The van der Waals surface area contributed by atoms with Gasteiger partial charge in [0.25, 0.3) is 0 Å². The van der Waals surface area contributed by atoms with E-state index in [-0.39, 0.29) is 11.5 Å². The smallest absolute Gasteiger partial charge is 0.213 e. The van der Waals surface area contributed by atoms with Gasteiger partial charge in [-0.15, -0.1) is 0 Å². The van der Waals surface area contributed by atoms with Crippen LogP contribution in [0, 0.1) is 5.82 Å². The zero-order chi connectivity index (χ0) is 11.5. The number of nitrogens with zero attached hydrogens (tertiary/aromatic N) is 1. The molecule has 0 bridgehead atoms. The van der Waals surface area contributed by atoms with E-state index < -0.39 is 5.82 Å². The van der Waals surface area contributed by atoms with Crippen LogP contribution in [0.5, 0.6) is 0 Å². The highest BCUT2D eigenvalue weighted by Crippen LogP contribution is 2.14. The number of pyridine rings is 1. The number of nitrogens with two attached hydrogens (primary N) is 1. The van der Waals surface area contributed by atoms with E-state index in [9.17, 15) is 9.18 Å². The normalized spacial score (nSPS) is 10.1. The third-order valence-corrected chi connectivity index (χ3v) is 2.17. The third-order valence-electron chi connectivity index (χ3n) is 2.17. The third kappa shape index (κ3) is 1.91. The minimum absolute atomic E-state index is 0.180. The molecule has 1 aromatic heterocycles. The lowest BCUT2D eigenvalue weighted by Gasteiger charge is -2.03. The van der Waals surface area contributed by atoms with Crippen molar-refractivity contribution in [2.24, 2.45) is 0 Å². The van der Waals surface area contributed by atoms with E-state index in [1.807, 2.05) is 0 Å². The summed E-state index contributed by atoms with van der Waals surface area (Å²) in [5.41, 5.74) is 6.61. The maximum absolute atomic E-state index is 12.6. The second kappa shape index (κ2) is 4.10. The molecule has 3 nitrogen and oxygen atoms in total. The van der Waals surface area contributed by atoms with Gasteiger partial charge in [-0.05, 0) is 24.3 Å². The number of halogens is 1. The van der Waals surface area contributed by atoms with Gasteiger partial charge < -0.3 is 5.73 Å². The molecule has 0 spiro atoms. The van der Waals surface area contributed by atoms with Crippen molar-refractivity contribution in [3.63, 3.8) is 0 Å². The maximum atomic E-state index is 12.6. The number of ketones is 1. The summed E-state index contributed by atoms with van der Waals surface area (Å²) < 4.78 is 12.6. The number of hydrogen-bond donors (Lipinski definition) is 1. The molecular weight excluding hydrogens is 207 g/mol. The molecule has 0 aliphatic heterocycles. The van der Waals surface area contributed by atoms with Gasteiger partial charge in [-0.25, -0.2) is 9.37 Å². The van der Waals surface area contributed by atoms with Gasteiger partial charge in [-0.1, -0.05) is 12.1 Å². The second-order valence-corrected chi connectivity index (χ2v) is 3.28. The second-order valence-electron chi connectivity index (χ2n) is 3.28. The maximum Gasteiger partial charge on any atom is 0.213 e. The van der Waals surface area contributed by atoms with Gasteiger partial charge in [0.15, 0.2) is 0 Å².